The van der Waals surface area contributed by atoms with Crippen LogP contribution in [0.2, 0.25) is 0 Å². The minimum absolute atomic E-state index is 0.0450. The Kier molecular flexibility index (Phi) is 15.2. The summed E-state index contributed by atoms with van der Waals surface area (Å²) in [4.78, 5) is 40.9. The van der Waals surface area contributed by atoms with E-state index in [2.05, 4.69) is 10.1 Å². The Morgan fingerprint density at radius 3 is 2.16 bits per heavy atom. The van der Waals surface area contributed by atoms with Crippen LogP contribution in [-0.2, 0) is 27.6 Å². The summed E-state index contributed by atoms with van der Waals surface area (Å²) in [5.41, 5.74) is -3.66. The molecule has 44 heavy (non-hydrogen) atoms. The van der Waals surface area contributed by atoms with E-state index in [0.29, 0.717) is 18.5 Å². The number of halogens is 6. The molecule has 1 N–H and O–H groups in total. The molecular weight excluding hydrogens is 590 g/mol. The second kappa shape index (κ2) is 17.3. The number of carbonyl (C=O) groups is 2. The monoisotopic (exact) mass is 634 g/mol. The maximum absolute atomic E-state index is 12.9. The van der Waals surface area contributed by atoms with Gasteiger partial charge in [0.25, 0.3) is 5.56 Å². The average Bonchev–Trinajstić information content (AvgIpc) is 3.30. The highest BCUT2D eigenvalue weighted by Gasteiger charge is 2.47. The fourth-order valence-electron chi connectivity index (χ4n) is 5.03. The first-order valence-electron chi connectivity index (χ1n) is 14.9. The Labute approximate surface area is 254 Å². The van der Waals surface area contributed by atoms with Gasteiger partial charge in [0.15, 0.2) is 0 Å². The lowest BCUT2D eigenvalue weighted by atomic mass is 9.82. The first-order valence-corrected chi connectivity index (χ1v) is 14.9. The molecule has 1 aliphatic carbocycles. The number of carbonyl (C=O) groups excluding carboxylic acids is 2. The normalized spacial score (nSPS) is 17.4. The van der Waals surface area contributed by atoms with Crippen LogP contribution >= 0.6 is 0 Å². The molecule has 0 saturated heterocycles. The number of nitrogens with one attached hydrogen (secondary N) is 1. The van der Waals surface area contributed by atoms with Crippen molar-refractivity contribution in [3.63, 3.8) is 0 Å². The van der Waals surface area contributed by atoms with Gasteiger partial charge < -0.3 is 4.90 Å². The molecule has 1 unspecified atom stereocenters. The summed E-state index contributed by atoms with van der Waals surface area (Å²) in [5.74, 6) is 0.00514. The summed E-state index contributed by atoms with van der Waals surface area (Å²) in [6.45, 7) is 11.8. The number of amides is 1. The standard InChI is InChI=1S/C19H31F3N2O.C12H13F3N2O2/c1-5-13-24(18(25)8-4)14-11-9-10-12-17(7-3)23-15-16(6-2)19(20,21)22;1-3-7(18)11(2)5-4-6-8(12(13,14)15)10(19)17-16-9(6)11/h6-7,15H,5,8-14H2,1-4H3;3-5H2,1-2H3,(H,17,19)/b16-6+,17-7-,23-15+;. The molecule has 248 valence electrons. The second-order valence-electron chi connectivity index (χ2n) is 10.7. The van der Waals surface area contributed by atoms with Gasteiger partial charge in [-0.05, 0) is 64.9 Å². The van der Waals surface area contributed by atoms with Crippen molar-refractivity contribution >= 4 is 17.9 Å². The largest absolute Gasteiger partial charge is 0.422 e. The van der Waals surface area contributed by atoms with E-state index < -0.39 is 34.5 Å². The molecule has 1 aromatic rings. The fourth-order valence-corrected chi connectivity index (χ4v) is 5.03. The predicted molar refractivity (Wildman–Crippen MR) is 159 cm³/mol. The van der Waals surface area contributed by atoms with Crippen LogP contribution < -0.4 is 5.56 Å². The minimum Gasteiger partial charge on any atom is -0.343 e. The number of hydrogen-bond acceptors (Lipinski definition) is 5. The summed E-state index contributed by atoms with van der Waals surface area (Å²) >= 11 is 0. The van der Waals surface area contributed by atoms with Crippen molar-refractivity contribution in [1.82, 2.24) is 15.1 Å². The summed E-state index contributed by atoms with van der Waals surface area (Å²) < 4.78 is 76.7. The lowest BCUT2D eigenvalue weighted by Gasteiger charge is -2.21. The van der Waals surface area contributed by atoms with Gasteiger partial charge >= 0.3 is 12.4 Å². The van der Waals surface area contributed by atoms with Gasteiger partial charge in [0, 0.05) is 37.8 Å². The van der Waals surface area contributed by atoms with Crippen LogP contribution in [0.1, 0.15) is 110 Å². The number of unbranched alkanes of at least 4 members (excludes halogenated alkanes) is 2. The van der Waals surface area contributed by atoms with Crippen molar-refractivity contribution < 1.29 is 35.9 Å². The van der Waals surface area contributed by atoms with E-state index in [1.165, 1.54) is 6.92 Å². The van der Waals surface area contributed by atoms with Crippen molar-refractivity contribution in [3.8, 4) is 0 Å². The number of rotatable bonds is 13. The quantitative estimate of drug-likeness (QED) is 0.137. The number of hydrogen-bond donors (Lipinski definition) is 1. The zero-order valence-corrected chi connectivity index (χ0v) is 26.3. The third-order valence-electron chi connectivity index (χ3n) is 7.55. The van der Waals surface area contributed by atoms with Crippen molar-refractivity contribution in [1.29, 1.82) is 0 Å². The number of ketones is 1. The molecule has 13 heteroatoms. The molecule has 0 spiro atoms. The molecule has 7 nitrogen and oxygen atoms in total. The smallest absolute Gasteiger partial charge is 0.343 e. The minimum atomic E-state index is -4.74. The average molecular weight is 635 g/mol. The second-order valence-corrected chi connectivity index (χ2v) is 10.7. The molecule has 2 rings (SSSR count). The molecule has 0 radical (unpaired) electrons. The lowest BCUT2D eigenvalue weighted by Crippen LogP contribution is -2.33. The highest BCUT2D eigenvalue weighted by Crippen LogP contribution is 2.42. The Morgan fingerprint density at radius 2 is 1.66 bits per heavy atom. The zero-order valence-electron chi connectivity index (χ0n) is 26.3. The number of H-pyrrole nitrogens is 1. The summed E-state index contributed by atoms with van der Waals surface area (Å²) in [5, 5.41) is 5.56. The van der Waals surface area contributed by atoms with Crippen LogP contribution in [0.25, 0.3) is 0 Å². The number of allylic oxidation sites excluding steroid dienone is 4. The maximum Gasteiger partial charge on any atom is 0.422 e. The molecule has 1 aromatic heterocycles. The SMILES string of the molecule is CCC(=O)C1(C)CCc2c1n[nH]c(=O)c2C(F)(F)F.C\C=C(CCCCCN(CCC)C(=O)CC)/N=C/C(=C\C)C(F)(F)F. The number of alkyl halides is 6. The summed E-state index contributed by atoms with van der Waals surface area (Å²) in [6.07, 6.45) is -0.191. The first-order chi connectivity index (χ1) is 20.5. The fraction of sp³-hybridized carbons (Fsp3) is 0.645. The van der Waals surface area contributed by atoms with Crippen molar-refractivity contribution in [2.75, 3.05) is 13.1 Å². The van der Waals surface area contributed by atoms with E-state index in [-0.39, 0.29) is 42.2 Å². The van der Waals surface area contributed by atoms with Crippen LogP contribution in [0.3, 0.4) is 0 Å². The molecule has 1 aliphatic rings. The predicted octanol–water partition coefficient (Wildman–Crippen LogP) is 7.65. The van der Waals surface area contributed by atoms with E-state index in [1.807, 2.05) is 23.8 Å². The molecule has 0 bridgehead atoms. The Morgan fingerprint density at radius 1 is 1.00 bits per heavy atom. The van der Waals surface area contributed by atoms with Gasteiger partial charge in [0.2, 0.25) is 5.91 Å². The van der Waals surface area contributed by atoms with E-state index in [9.17, 15) is 40.7 Å². The Bertz CT molecular complexity index is 1260. The highest BCUT2D eigenvalue weighted by atomic mass is 19.4. The lowest BCUT2D eigenvalue weighted by molar-refractivity contribution is -0.139. The van der Waals surface area contributed by atoms with Crippen molar-refractivity contribution in [2.24, 2.45) is 4.99 Å². The number of fused-ring (bicyclic) bond motifs is 1. The number of aliphatic imine (C=N–C) groups is 1. The summed E-state index contributed by atoms with van der Waals surface area (Å²) in [6, 6.07) is 0. The molecular formula is C31H44F6N4O3. The molecule has 0 fully saturated rings. The van der Waals surface area contributed by atoms with Gasteiger partial charge in [-0.1, -0.05) is 39.3 Å². The van der Waals surface area contributed by atoms with Crippen LogP contribution in [0.4, 0.5) is 26.3 Å². The third-order valence-corrected chi connectivity index (χ3v) is 7.55. The van der Waals surface area contributed by atoms with Crippen molar-refractivity contribution in [2.45, 2.75) is 117 Å². The van der Waals surface area contributed by atoms with Gasteiger partial charge in [-0.2, -0.15) is 31.4 Å². The molecule has 1 heterocycles. The molecule has 0 aliphatic heterocycles. The van der Waals surface area contributed by atoms with Gasteiger partial charge in [-0.25, -0.2) is 5.10 Å². The zero-order chi connectivity index (χ0) is 33.7. The van der Waals surface area contributed by atoms with Gasteiger partial charge in [0.05, 0.1) is 16.7 Å². The van der Waals surface area contributed by atoms with Crippen LogP contribution in [0.5, 0.6) is 0 Å². The van der Waals surface area contributed by atoms with Crippen LogP contribution in [0, 0.1) is 0 Å². The topological polar surface area (TPSA) is 95.5 Å². The Hall–Kier alpha value is -3.25. The first kappa shape index (κ1) is 38.8. The third kappa shape index (κ3) is 10.7. The summed E-state index contributed by atoms with van der Waals surface area (Å²) in [7, 11) is 0. The van der Waals surface area contributed by atoms with Crippen LogP contribution in [-0.4, -0.2) is 52.3 Å². The maximum atomic E-state index is 12.9. The number of Topliss-reactive ketones (excluding diaryl/α,β-unsaturated/α-hetero) is 1. The molecule has 0 aromatic carbocycles. The number of aromatic nitrogens is 2. The van der Waals surface area contributed by atoms with E-state index in [1.54, 1.807) is 26.8 Å². The molecule has 0 saturated carbocycles. The number of aromatic amines is 1. The highest BCUT2D eigenvalue weighted by molar-refractivity contribution is 5.90. The van der Waals surface area contributed by atoms with Gasteiger partial charge in [-0.3, -0.25) is 19.4 Å². The van der Waals surface area contributed by atoms with Crippen molar-refractivity contribution in [3.05, 3.63) is 50.6 Å². The molecule has 1 atom stereocenters. The van der Waals surface area contributed by atoms with Gasteiger partial charge in [-0.15, -0.1) is 0 Å². The molecule has 1 amide bonds. The van der Waals surface area contributed by atoms with Gasteiger partial charge in [0.1, 0.15) is 11.3 Å². The number of nitrogens with zero attached hydrogens (tertiary/aromatic N) is 3. The van der Waals surface area contributed by atoms with E-state index >= 15 is 0 Å². The Balaban J connectivity index is 0.000000454. The van der Waals surface area contributed by atoms with Crippen LogP contribution in [0.15, 0.2) is 33.2 Å². The van der Waals surface area contributed by atoms with E-state index in [4.69, 9.17) is 0 Å². The van der Waals surface area contributed by atoms with E-state index in [0.717, 1.165) is 51.1 Å².